The van der Waals surface area contributed by atoms with Crippen LogP contribution in [0.15, 0.2) is 30.3 Å². The zero-order chi connectivity index (χ0) is 16.6. The molecule has 23 heavy (non-hydrogen) atoms. The first-order valence-corrected chi connectivity index (χ1v) is 7.78. The molecule has 2 aromatic rings. The molecule has 0 saturated carbocycles. The van der Waals surface area contributed by atoms with E-state index >= 15 is 0 Å². The van der Waals surface area contributed by atoms with Crippen molar-refractivity contribution in [2.45, 2.75) is 13.3 Å². The lowest BCUT2D eigenvalue weighted by molar-refractivity contribution is -0.110. The van der Waals surface area contributed by atoms with E-state index in [1.165, 1.54) is 6.07 Å². The highest BCUT2D eigenvalue weighted by Crippen LogP contribution is 2.37. The summed E-state index contributed by atoms with van der Waals surface area (Å²) in [6.45, 7) is 1.77. The van der Waals surface area contributed by atoms with E-state index in [4.69, 9.17) is 11.6 Å². The van der Waals surface area contributed by atoms with Crippen molar-refractivity contribution in [3.63, 3.8) is 0 Å². The van der Waals surface area contributed by atoms with Gasteiger partial charge in [-0.25, -0.2) is 0 Å². The number of fused-ring (bicyclic) bond motifs is 1. The summed E-state index contributed by atoms with van der Waals surface area (Å²) >= 11 is 5.78. The average Bonchev–Trinajstić information content (AvgIpc) is 2.78. The van der Waals surface area contributed by atoms with Crippen LogP contribution in [-0.4, -0.2) is 22.0 Å². The molecule has 4 nitrogen and oxygen atoms in total. The first-order valence-electron chi connectivity index (χ1n) is 7.24. The fourth-order valence-corrected chi connectivity index (χ4v) is 2.95. The van der Waals surface area contributed by atoms with Crippen molar-refractivity contribution >= 4 is 34.8 Å². The molecule has 3 rings (SSSR count). The molecule has 0 radical (unpaired) electrons. The third-order valence-corrected chi connectivity index (χ3v) is 4.08. The Labute approximate surface area is 139 Å². The summed E-state index contributed by atoms with van der Waals surface area (Å²) in [5, 5.41) is 22.4. The van der Waals surface area contributed by atoms with Crippen molar-refractivity contribution in [1.29, 1.82) is 0 Å². The lowest BCUT2D eigenvalue weighted by Crippen LogP contribution is -2.03. The summed E-state index contributed by atoms with van der Waals surface area (Å²) in [5.41, 5.74) is 4.28. The molecule has 0 aliphatic carbocycles. The maximum atomic E-state index is 12.3. The summed E-state index contributed by atoms with van der Waals surface area (Å²) in [5.74, 6) is 0.225. The molecule has 2 aromatic carbocycles. The SMILES string of the molecule is Cc1cc(O)cc(O)c1C=C1C(=O)Nc2ccc(CCCl)cc21. The summed E-state index contributed by atoms with van der Waals surface area (Å²) in [6, 6.07) is 8.54. The molecule has 0 fully saturated rings. The Morgan fingerprint density at radius 2 is 2.00 bits per heavy atom. The van der Waals surface area contributed by atoms with Gasteiger partial charge >= 0.3 is 0 Å². The Bertz CT molecular complexity index is 804. The van der Waals surface area contributed by atoms with Crippen LogP contribution in [0.4, 0.5) is 5.69 Å². The summed E-state index contributed by atoms with van der Waals surface area (Å²) in [4.78, 5) is 12.3. The first kappa shape index (κ1) is 15.4. The molecule has 0 saturated heterocycles. The van der Waals surface area contributed by atoms with E-state index in [1.54, 1.807) is 19.1 Å². The van der Waals surface area contributed by atoms with E-state index < -0.39 is 0 Å². The van der Waals surface area contributed by atoms with Crippen LogP contribution < -0.4 is 5.32 Å². The van der Waals surface area contributed by atoms with Gasteiger partial charge in [0, 0.05) is 34.3 Å². The van der Waals surface area contributed by atoms with Crippen molar-refractivity contribution in [3.8, 4) is 11.5 Å². The van der Waals surface area contributed by atoms with Crippen LogP contribution in [0.2, 0.25) is 0 Å². The van der Waals surface area contributed by atoms with Crippen molar-refractivity contribution < 1.29 is 15.0 Å². The molecule has 1 heterocycles. The van der Waals surface area contributed by atoms with E-state index in [0.717, 1.165) is 23.2 Å². The highest BCUT2D eigenvalue weighted by molar-refractivity contribution is 6.35. The van der Waals surface area contributed by atoms with Gasteiger partial charge in [0.15, 0.2) is 0 Å². The molecule has 1 amide bonds. The molecule has 0 aromatic heterocycles. The zero-order valence-electron chi connectivity index (χ0n) is 12.6. The summed E-state index contributed by atoms with van der Waals surface area (Å²) < 4.78 is 0. The number of nitrogens with one attached hydrogen (secondary N) is 1. The quantitative estimate of drug-likeness (QED) is 0.594. The van der Waals surface area contributed by atoms with Crippen LogP contribution >= 0.6 is 11.6 Å². The Kier molecular flexibility index (Phi) is 4.01. The van der Waals surface area contributed by atoms with Crippen molar-refractivity contribution in [2.75, 3.05) is 11.2 Å². The fraction of sp³-hybridized carbons (Fsp3) is 0.167. The van der Waals surface area contributed by atoms with Crippen LogP contribution in [0.25, 0.3) is 11.6 Å². The van der Waals surface area contributed by atoms with Crippen molar-refractivity contribution in [1.82, 2.24) is 0 Å². The first-order chi connectivity index (χ1) is 11.0. The second-order valence-electron chi connectivity index (χ2n) is 5.53. The number of anilines is 1. The Balaban J connectivity index is 2.11. The minimum absolute atomic E-state index is 0.0113. The predicted octanol–water partition coefficient (Wildman–Crippen LogP) is 3.68. The maximum absolute atomic E-state index is 12.3. The van der Waals surface area contributed by atoms with Crippen LogP contribution in [0.1, 0.15) is 22.3 Å². The fourth-order valence-electron chi connectivity index (χ4n) is 2.74. The standard InChI is InChI=1S/C18H16ClNO3/c1-10-6-12(21)8-17(22)13(10)9-15-14-7-11(4-5-19)2-3-16(14)20-18(15)23/h2-3,6-9,21-22H,4-5H2,1H3,(H,20,23). The molecule has 1 aliphatic heterocycles. The summed E-state index contributed by atoms with van der Waals surface area (Å²) in [6.07, 6.45) is 2.37. The van der Waals surface area contributed by atoms with Crippen LogP contribution in [0.3, 0.4) is 0 Å². The summed E-state index contributed by atoms with van der Waals surface area (Å²) in [7, 11) is 0. The van der Waals surface area contributed by atoms with E-state index in [0.29, 0.717) is 22.6 Å². The molecule has 118 valence electrons. The van der Waals surface area contributed by atoms with Gasteiger partial charge in [0.05, 0.1) is 0 Å². The molecule has 0 bridgehead atoms. The topological polar surface area (TPSA) is 69.6 Å². The number of hydrogen-bond donors (Lipinski definition) is 3. The van der Waals surface area contributed by atoms with Gasteiger partial charge in [-0.3, -0.25) is 4.79 Å². The molecule has 0 atom stereocenters. The number of benzene rings is 2. The van der Waals surface area contributed by atoms with E-state index in [9.17, 15) is 15.0 Å². The van der Waals surface area contributed by atoms with Crippen LogP contribution in [0.5, 0.6) is 11.5 Å². The second-order valence-corrected chi connectivity index (χ2v) is 5.90. The van der Waals surface area contributed by atoms with Crippen molar-refractivity contribution in [3.05, 3.63) is 52.6 Å². The lowest BCUT2D eigenvalue weighted by atomic mass is 9.98. The maximum Gasteiger partial charge on any atom is 0.256 e. The molecular formula is C18H16ClNO3. The van der Waals surface area contributed by atoms with Gasteiger partial charge in [-0.05, 0) is 48.7 Å². The number of alkyl halides is 1. The molecule has 0 unspecified atom stereocenters. The smallest absolute Gasteiger partial charge is 0.256 e. The van der Waals surface area contributed by atoms with E-state index in [2.05, 4.69) is 5.32 Å². The number of carbonyl (C=O) groups is 1. The van der Waals surface area contributed by atoms with Crippen LogP contribution in [0, 0.1) is 6.92 Å². The van der Waals surface area contributed by atoms with Gasteiger partial charge in [0.1, 0.15) is 11.5 Å². The number of phenolic OH excluding ortho intramolecular Hbond substituents is 2. The molecule has 1 aliphatic rings. The number of aromatic hydroxyl groups is 2. The van der Waals surface area contributed by atoms with E-state index in [-0.39, 0.29) is 17.4 Å². The molecule has 3 N–H and O–H groups in total. The minimum Gasteiger partial charge on any atom is -0.508 e. The van der Waals surface area contributed by atoms with E-state index in [1.807, 2.05) is 18.2 Å². The monoisotopic (exact) mass is 329 g/mol. The van der Waals surface area contributed by atoms with Gasteiger partial charge in [0.25, 0.3) is 5.91 Å². The highest BCUT2D eigenvalue weighted by atomic mass is 35.5. The third-order valence-electron chi connectivity index (χ3n) is 3.89. The lowest BCUT2D eigenvalue weighted by Gasteiger charge is -2.07. The number of amides is 1. The Morgan fingerprint density at radius 3 is 2.70 bits per heavy atom. The number of aryl methyl sites for hydroxylation is 2. The highest BCUT2D eigenvalue weighted by Gasteiger charge is 2.25. The molecule has 0 spiro atoms. The van der Waals surface area contributed by atoms with Gasteiger partial charge < -0.3 is 15.5 Å². The molecular weight excluding hydrogens is 314 g/mol. The van der Waals surface area contributed by atoms with Crippen molar-refractivity contribution in [2.24, 2.45) is 0 Å². The number of rotatable bonds is 3. The van der Waals surface area contributed by atoms with Gasteiger partial charge in [-0.1, -0.05) is 6.07 Å². The zero-order valence-corrected chi connectivity index (χ0v) is 13.3. The average molecular weight is 330 g/mol. The number of phenols is 2. The van der Waals surface area contributed by atoms with Gasteiger partial charge in [-0.2, -0.15) is 0 Å². The second kappa shape index (κ2) is 5.97. The van der Waals surface area contributed by atoms with Gasteiger partial charge in [-0.15, -0.1) is 11.6 Å². The number of hydrogen-bond acceptors (Lipinski definition) is 3. The number of carbonyl (C=O) groups excluding carboxylic acids is 1. The predicted molar refractivity (Wildman–Crippen MR) is 91.9 cm³/mol. The Morgan fingerprint density at radius 1 is 1.22 bits per heavy atom. The third kappa shape index (κ3) is 2.90. The largest absolute Gasteiger partial charge is 0.508 e. The normalized spacial score (nSPS) is 14.9. The minimum atomic E-state index is -0.213. The Hall–Kier alpha value is -2.46. The van der Waals surface area contributed by atoms with Gasteiger partial charge in [0.2, 0.25) is 0 Å². The van der Waals surface area contributed by atoms with Crippen LogP contribution in [-0.2, 0) is 11.2 Å². The molecule has 5 heteroatoms. The number of halogens is 1.